The zero-order valence-electron chi connectivity index (χ0n) is 17.8. The highest BCUT2D eigenvalue weighted by molar-refractivity contribution is 6.46. The molecule has 0 atom stereocenters. The molecule has 0 radical (unpaired) electrons. The third-order valence-electron chi connectivity index (χ3n) is 5.35. The number of hydrogen-bond donors (Lipinski definition) is 1. The molecule has 5 nitrogen and oxygen atoms in total. The van der Waals surface area contributed by atoms with Gasteiger partial charge in [-0.15, -0.1) is 0 Å². The lowest BCUT2D eigenvalue weighted by Crippen LogP contribution is -2.33. The average Bonchev–Trinajstić information content (AvgIpc) is 3.01. The summed E-state index contributed by atoms with van der Waals surface area (Å²) in [6.45, 7) is 1.78. The Kier molecular flexibility index (Phi) is 5.96. The van der Waals surface area contributed by atoms with Gasteiger partial charge >= 0.3 is 0 Å². The van der Waals surface area contributed by atoms with E-state index in [1.54, 1.807) is 49.4 Å². The van der Waals surface area contributed by atoms with Crippen LogP contribution in [0.5, 0.6) is 0 Å². The van der Waals surface area contributed by atoms with Gasteiger partial charge in [0.15, 0.2) is 0 Å². The van der Waals surface area contributed by atoms with Crippen LogP contribution in [0.1, 0.15) is 11.1 Å². The normalized spacial score (nSPS) is 13.7. The smallest absolute Gasteiger partial charge is 0.282 e. The van der Waals surface area contributed by atoms with Crippen molar-refractivity contribution >= 4 is 57.7 Å². The highest BCUT2D eigenvalue weighted by Crippen LogP contribution is 2.37. The Bertz CT molecular complexity index is 1230. The Hall–Kier alpha value is -3.28. The van der Waals surface area contributed by atoms with E-state index in [2.05, 4.69) is 5.32 Å². The van der Waals surface area contributed by atoms with Crippen LogP contribution < -0.4 is 15.1 Å². The van der Waals surface area contributed by atoms with Gasteiger partial charge in [0, 0.05) is 35.5 Å². The van der Waals surface area contributed by atoms with Crippen molar-refractivity contribution < 1.29 is 9.59 Å². The van der Waals surface area contributed by atoms with E-state index in [9.17, 15) is 9.59 Å². The third kappa shape index (κ3) is 3.97. The van der Waals surface area contributed by atoms with Crippen LogP contribution in [0, 0.1) is 6.92 Å². The van der Waals surface area contributed by atoms with Gasteiger partial charge in [-0.25, -0.2) is 4.90 Å². The summed E-state index contributed by atoms with van der Waals surface area (Å²) in [6, 6.07) is 19.6. The first-order valence-electron chi connectivity index (χ1n) is 9.96. The van der Waals surface area contributed by atoms with Crippen LogP contribution in [0.15, 0.2) is 72.4 Å². The third-order valence-corrected chi connectivity index (χ3v) is 6.01. The molecule has 0 saturated heterocycles. The zero-order chi connectivity index (χ0) is 23.0. The van der Waals surface area contributed by atoms with Crippen LogP contribution in [-0.2, 0) is 9.59 Å². The highest BCUT2D eigenvalue weighted by atomic mass is 35.5. The van der Waals surface area contributed by atoms with Crippen LogP contribution in [0.4, 0.5) is 17.1 Å². The molecule has 3 aromatic carbocycles. The molecule has 2 amide bonds. The van der Waals surface area contributed by atoms with E-state index >= 15 is 0 Å². The molecule has 3 aromatic rings. The average molecular weight is 466 g/mol. The van der Waals surface area contributed by atoms with Gasteiger partial charge in [0.05, 0.1) is 11.3 Å². The van der Waals surface area contributed by atoms with Gasteiger partial charge < -0.3 is 10.2 Å². The predicted molar refractivity (Wildman–Crippen MR) is 131 cm³/mol. The Morgan fingerprint density at radius 3 is 2.12 bits per heavy atom. The van der Waals surface area contributed by atoms with E-state index in [0.717, 1.165) is 5.69 Å². The van der Waals surface area contributed by atoms with E-state index in [1.807, 2.05) is 43.3 Å². The number of amides is 2. The second-order valence-electron chi connectivity index (χ2n) is 7.65. The van der Waals surface area contributed by atoms with Crippen LogP contribution in [0.25, 0.3) is 5.57 Å². The van der Waals surface area contributed by atoms with Gasteiger partial charge in [-0.1, -0.05) is 41.4 Å². The quantitative estimate of drug-likeness (QED) is 0.486. The maximum absolute atomic E-state index is 13.5. The summed E-state index contributed by atoms with van der Waals surface area (Å²) < 4.78 is 0. The minimum absolute atomic E-state index is 0.203. The van der Waals surface area contributed by atoms with Gasteiger partial charge in [-0.05, 0) is 66.6 Å². The summed E-state index contributed by atoms with van der Waals surface area (Å²) in [5.74, 6) is -0.864. The predicted octanol–water partition coefficient (Wildman–Crippen LogP) is 5.76. The van der Waals surface area contributed by atoms with Crippen LogP contribution in [0.3, 0.4) is 0 Å². The maximum Gasteiger partial charge on any atom is 0.282 e. The molecule has 0 fully saturated rings. The lowest BCUT2D eigenvalue weighted by molar-refractivity contribution is -0.120. The number of carbonyl (C=O) groups excluding carboxylic acids is 2. The van der Waals surface area contributed by atoms with Crippen molar-refractivity contribution in [3.8, 4) is 0 Å². The van der Waals surface area contributed by atoms with Gasteiger partial charge in [-0.3, -0.25) is 9.59 Å². The molecule has 1 aliphatic heterocycles. The summed E-state index contributed by atoms with van der Waals surface area (Å²) in [5, 5.41) is 4.19. The number of benzene rings is 3. The molecule has 0 saturated carbocycles. The van der Waals surface area contributed by atoms with E-state index < -0.39 is 11.8 Å². The minimum Gasteiger partial charge on any atom is -0.378 e. The number of anilines is 3. The molecule has 1 heterocycles. The fourth-order valence-electron chi connectivity index (χ4n) is 3.57. The highest BCUT2D eigenvalue weighted by Gasteiger charge is 2.41. The molecule has 4 rings (SSSR count). The largest absolute Gasteiger partial charge is 0.378 e. The molecule has 0 spiro atoms. The van der Waals surface area contributed by atoms with Crippen molar-refractivity contribution in [2.24, 2.45) is 0 Å². The van der Waals surface area contributed by atoms with Crippen LogP contribution in [0.2, 0.25) is 10.0 Å². The van der Waals surface area contributed by atoms with Gasteiger partial charge in [-0.2, -0.15) is 0 Å². The molecule has 0 unspecified atom stereocenters. The van der Waals surface area contributed by atoms with E-state index in [4.69, 9.17) is 23.2 Å². The number of rotatable bonds is 5. The van der Waals surface area contributed by atoms with Crippen LogP contribution >= 0.6 is 23.2 Å². The minimum atomic E-state index is -0.443. The second kappa shape index (κ2) is 8.69. The Labute approximate surface area is 196 Å². The molecule has 1 aliphatic rings. The Morgan fingerprint density at radius 2 is 1.50 bits per heavy atom. The lowest BCUT2D eigenvalue weighted by Gasteiger charge is -2.18. The molecular formula is C25H21Cl2N3O2. The SMILES string of the molecule is Cc1c(Cl)cccc1N1C(=O)C(Nc2ccc(N(C)C)cc2)=C(c2ccc(Cl)cc2)C1=O. The zero-order valence-corrected chi connectivity index (χ0v) is 19.3. The standard InChI is InChI=1S/C25H21Cl2N3O2/c1-15-20(27)5-4-6-21(15)30-24(31)22(16-7-9-17(26)10-8-16)23(25(30)32)28-18-11-13-19(14-12-18)29(2)3/h4-14,28H,1-3H3. The molecule has 1 N–H and O–H groups in total. The molecule has 0 aromatic heterocycles. The summed E-state index contributed by atoms with van der Waals surface area (Å²) in [5.41, 5.74) is 3.91. The number of halogens is 2. The first-order chi connectivity index (χ1) is 15.3. The monoisotopic (exact) mass is 465 g/mol. The number of hydrogen-bond acceptors (Lipinski definition) is 4. The molecular weight excluding hydrogens is 445 g/mol. The van der Waals surface area contributed by atoms with Gasteiger partial charge in [0.2, 0.25) is 0 Å². The molecule has 0 bridgehead atoms. The summed E-state index contributed by atoms with van der Waals surface area (Å²) in [6.07, 6.45) is 0. The molecule has 162 valence electrons. The lowest BCUT2D eigenvalue weighted by atomic mass is 10.0. The van der Waals surface area contributed by atoms with E-state index in [0.29, 0.717) is 32.5 Å². The van der Waals surface area contributed by atoms with Crippen molar-refractivity contribution in [3.05, 3.63) is 93.6 Å². The fourth-order valence-corrected chi connectivity index (χ4v) is 3.87. The number of nitrogens with zero attached hydrogens (tertiary/aromatic N) is 2. The Balaban J connectivity index is 1.81. The number of nitrogens with one attached hydrogen (secondary N) is 1. The summed E-state index contributed by atoms with van der Waals surface area (Å²) in [7, 11) is 3.90. The van der Waals surface area contributed by atoms with Gasteiger partial charge in [0.25, 0.3) is 11.8 Å². The fraction of sp³-hybridized carbons (Fsp3) is 0.120. The Morgan fingerprint density at radius 1 is 0.844 bits per heavy atom. The summed E-state index contributed by atoms with van der Waals surface area (Å²) >= 11 is 12.3. The summed E-state index contributed by atoms with van der Waals surface area (Å²) in [4.78, 5) is 30.2. The van der Waals surface area contributed by atoms with E-state index in [-0.39, 0.29) is 11.3 Å². The van der Waals surface area contributed by atoms with Crippen LogP contribution in [-0.4, -0.2) is 25.9 Å². The van der Waals surface area contributed by atoms with Crippen molar-refractivity contribution in [1.29, 1.82) is 0 Å². The first-order valence-corrected chi connectivity index (χ1v) is 10.7. The molecule has 7 heteroatoms. The number of imide groups is 1. The van der Waals surface area contributed by atoms with Gasteiger partial charge in [0.1, 0.15) is 5.70 Å². The van der Waals surface area contributed by atoms with Crippen molar-refractivity contribution in [2.75, 3.05) is 29.2 Å². The molecule has 0 aliphatic carbocycles. The van der Waals surface area contributed by atoms with Crippen molar-refractivity contribution in [3.63, 3.8) is 0 Å². The number of carbonyl (C=O) groups is 2. The van der Waals surface area contributed by atoms with Crippen molar-refractivity contribution in [2.45, 2.75) is 6.92 Å². The first kappa shape index (κ1) is 21.9. The van der Waals surface area contributed by atoms with Crippen molar-refractivity contribution in [1.82, 2.24) is 0 Å². The maximum atomic E-state index is 13.5. The topological polar surface area (TPSA) is 52.7 Å². The molecule has 32 heavy (non-hydrogen) atoms. The second-order valence-corrected chi connectivity index (χ2v) is 8.50. The van der Waals surface area contributed by atoms with E-state index in [1.165, 1.54) is 4.90 Å².